The molecule has 21 heavy (non-hydrogen) atoms. The van der Waals surface area contributed by atoms with Crippen LogP contribution in [0.3, 0.4) is 0 Å². The Balaban J connectivity index is 1.85. The highest BCUT2D eigenvalue weighted by atomic mass is 32.2. The maximum Gasteiger partial charge on any atom is 0.252 e. The smallest absolute Gasteiger partial charge is 0.248 e. The van der Waals surface area contributed by atoms with Gasteiger partial charge in [0.15, 0.2) is 0 Å². The summed E-state index contributed by atoms with van der Waals surface area (Å²) in [5.74, 6) is 0. The largest absolute Gasteiger partial charge is 0.252 e. The summed E-state index contributed by atoms with van der Waals surface area (Å²) in [6, 6.07) is 1.84. The van der Waals surface area contributed by atoms with Gasteiger partial charge in [0.25, 0.3) is 10.0 Å². The third-order valence-electron chi connectivity index (χ3n) is 3.91. The van der Waals surface area contributed by atoms with E-state index in [2.05, 4.69) is 10.3 Å². The first-order valence-electron chi connectivity index (χ1n) is 6.91. The van der Waals surface area contributed by atoms with Gasteiger partial charge in [-0.05, 0) is 38.3 Å². The minimum absolute atomic E-state index is 0.0678. The van der Waals surface area contributed by atoms with Gasteiger partial charge in [0, 0.05) is 24.2 Å². The quantitative estimate of drug-likeness (QED) is 0.865. The van der Waals surface area contributed by atoms with Crippen molar-refractivity contribution in [3.8, 4) is 0 Å². The minimum atomic E-state index is -3.40. The van der Waals surface area contributed by atoms with Crippen LogP contribution < -0.4 is 0 Å². The van der Waals surface area contributed by atoms with Gasteiger partial charge in [-0.2, -0.15) is 4.31 Å². The number of aromatic nitrogens is 3. The van der Waals surface area contributed by atoms with Crippen LogP contribution in [0.5, 0.6) is 0 Å². The monoisotopic (exact) mass is 326 g/mol. The molecule has 0 N–H and O–H groups in total. The standard InChI is InChI=1S/C13H18N4O2S2/c1-10-8-13(20-11(10)2)21(18,19)16-6-3-4-12(9-16)17-7-5-14-15-17/h5,7-8,12H,3-4,6,9H2,1-2H3. The molecule has 1 aliphatic heterocycles. The fourth-order valence-electron chi connectivity index (χ4n) is 2.56. The fraction of sp³-hybridized carbons (Fsp3) is 0.538. The van der Waals surface area contributed by atoms with Crippen LogP contribution in [0.15, 0.2) is 22.7 Å². The SMILES string of the molecule is Cc1cc(S(=O)(=O)N2CCCC(n3ccnn3)C2)sc1C. The van der Waals surface area contributed by atoms with Crippen LogP contribution in [0.25, 0.3) is 0 Å². The first-order chi connectivity index (χ1) is 9.98. The zero-order valence-corrected chi connectivity index (χ0v) is 13.7. The van der Waals surface area contributed by atoms with Gasteiger partial charge in [0.05, 0.1) is 12.2 Å². The van der Waals surface area contributed by atoms with E-state index in [0.717, 1.165) is 23.3 Å². The molecule has 1 saturated heterocycles. The highest BCUT2D eigenvalue weighted by molar-refractivity contribution is 7.91. The summed E-state index contributed by atoms with van der Waals surface area (Å²) in [7, 11) is -3.40. The molecule has 3 heterocycles. The number of piperidine rings is 1. The minimum Gasteiger partial charge on any atom is -0.248 e. The molecule has 0 amide bonds. The van der Waals surface area contributed by atoms with E-state index >= 15 is 0 Å². The molecule has 0 aromatic carbocycles. The number of nitrogens with zero attached hydrogens (tertiary/aromatic N) is 4. The van der Waals surface area contributed by atoms with E-state index in [-0.39, 0.29) is 6.04 Å². The lowest BCUT2D eigenvalue weighted by Gasteiger charge is -2.31. The molecule has 0 bridgehead atoms. The van der Waals surface area contributed by atoms with Crippen LogP contribution >= 0.6 is 11.3 Å². The van der Waals surface area contributed by atoms with E-state index in [1.165, 1.54) is 11.3 Å². The number of aryl methyl sites for hydroxylation is 2. The molecule has 0 saturated carbocycles. The Labute approximate surface area is 128 Å². The summed E-state index contributed by atoms with van der Waals surface area (Å²) < 4.78 is 29.3. The highest BCUT2D eigenvalue weighted by Gasteiger charge is 2.32. The van der Waals surface area contributed by atoms with Crippen LogP contribution in [-0.2, 0) is 10.0 Å². The molecular formula is C13H18N4O2S2. The van der Waals surface area contributed by atoms with Crippen molar-refractivity contribution in [1.29, 1.82) is 0 Å². The molecule has 1 atom stereocenters. The second-order valence-electron chi connectivity index (χ2n) is 5.35. The van der Waals surface area contributed by atoms with E-state index in [4.69, 9.17) is 0 Å². The van der Waals surface area contributed by atoms with Gasteiger partial charge in [-0.15, -0.1) is 16.4 Å². The van der Waals surface area contributed by atoms with Crippen molar-refractivity contribution in [2.24, 2.45) is 0 Å². The molecule has 1 aliphatic rings. The second kappa shape index (κ2) is 5.51. The van der Waals surface area contributed by atoms with E-state index < -0.39 is 10.0 Å². The Morgan fingerprint density at radius 2 is 2.19 bits per heavy atom. The van der Waals surface area contributed by atoms with Crippen molar-refractivity contribution < 1.29 is 8.42 Å². The molecule has 0 spiro atoms. The molecule has 0 radical (unpaired) electrons. The summed E-state index contributed by atoms with van der Waals surface area (Å²) in [5.41, 5.74) is 1.03. The summed E-state index contributed by atoms with van der Waals surface area (Å²) in [6.07, 6.45) is 5.19. The molecular weight excluding hydrogens is 308 g/mol. The average Bonchev–Trinajstić information content (AvgIpc) is 3.10. The van der Waals surface area contributed by atoms with Crippen LogP contribution in [0, 0.1) is 13.8 Å². The molecule has 0 aliphatic carbocycles. The fourth-order valence-corrected chi connectivity index (χ4v) is 5.75. The van der Waals surface area contributed by atoms with Crippen molar-refractivity contribution in [3.05, 3.63) is 28.9 Å². The van der Waals surface area contributed by atoms with Gasteiger partial charge in [0.1, 0.15) is 4.21 Å². The number of hydrogen-bond acceptors (Lipinski definition) is 5. The number of rotatable bonds is 3. The zero-order chi connectivity index (χ0) is 15.0. The predicted octanol–water partition coefficient (Wildman–Crippen LogP) is 1.98. The molecule has 1 fully saturated rings. The van der Waals surface area contributed by atoms with Gasteiger partial charge in [0.2, 0.25) is 0 Å². The van der Waals surface area contributed by atoms with Crippen molar-refractivity contribution in [2.75, 3.05) is 13.1 Å². The van der Waals surface area contributed by atoms with Gasteiger partial charge in [-0.3, -0.25) is 0 Å². The van der Waals surface area contributed by atoms with Crippen LogP contribution in [-0.4, -0.2) is 40.8 Å². The van der Waals surface area contributed by atoms with Crippen LogP contribution in [0.1, 0.15) is 29.3 Å². The molecule has 6 nitrogen and oxygen atoms in total. The summed E-state index contributed by atoms with van der Waals surface area (Å²) in [4.78, 5) is 1.05. The van der Waals surface area contributed by atoms with Gasteiger partial charge < -0.3 is 0 Å². The topological polar surface area (TPSA) is 68.1 Å². The molecule has 1 unspecified atom stereocenters. The molecule has 3 rings (SSSR count). The highest BCUT2D eigenvalue weighted by Crippen LogP contribution is 2.31. The maximum atomic E-state index is 12.8. The van der Waals surface area contributed by atoms with E-state index in [0.29, 0.717) is 17.3 Å². The Kier molecular flexibility index (Phi) is 3.85. The third-order valence-corrected chi connectivity index (χ3v) is 7.38. The van der Waals surface area contributed by atoms with Crippen molar-refractivity contribution in [2.45, 2.75) is 36.9 Å². The number of sulfonamides is 1. The Bertz CT molecular complexity index is 702. The lowest BCUT2D eigenvalue weighted by Crippen LogP contribution is -2.40. The van der Waals surface area contributed by atoms with Crippen molar-refractivity contribution >= 4 is 21.4 Å². The number of thiophene rings is 1. The Hall–Kier alpha value is -1.25. The van der Waals surface area contributed by atoms with Crippen LogP contribution in [0.4, 0.5) is 0 Å². The Morgan fingerprint density at radius 1 is 1.38 bits per heavy atom. The average molecular weight is 326 g/mol. The third kappa shape index (κ3) is 2.75. The van der Waals surface area contributed by atoms with Crippen molar-refractivity contribution in [1.82, 2.24) is 19.3 Å². The van der Waals surface area contributed by atoms with Crippen molar-refractivity contribution in [3.63, 3.8) is 0 Å². The summed E-state index contributed by atoms with van der Waals surface area (Å²) in [5, 5.41) is 7.80. The number of hydrogen-bond donors (Lipinski definition) is 0. The molecule has 2 aromatic rings. The maximum absolute atomic E-state index is 12.8. The molecule has 8 heteroatoms. The zero-order valence-electron chi connectivity index (χ0n) is 12.1. The van der Waals surface area contributed by atoms with E-state index in [1.807, 2.05) is 13.8 Å². The summed E-state index contributed by atoms with van der Waals surface area (Å²) >= 11 is 1.35. The Morgan fingerprint density at radius 3 is 2.81 bits per heavy atom. The van der Waals surface area contributed by atoms with Gasteiger partial charge >= 0.3 is 0 Å². The molecule has 114 valence electrons. The van der Waals surface area contributed by atoms with Crippen LogP contribution in [0.2, 0.25) is 0 Å². The second-order valence-corrected chi connectivity index (χ2v) is 8.77. The van der Waals surface area contributed by atoms with Gasteiger partial charge in [-0.25, -0.2) is 13.1 Å². The van der Waals surface area contributed by atoms with Gasteiger partial charge in [-0.1, -0.05) is 5.21 Å². The lowest BCUT2D eigenvalue weighted by molar-refractivity contribution is 0.251. The normalized spacial score (nSPS) is 20.8. The summed E-state index contributed by atoms with van der Waals surface area (Å²) in [6.45, 7) is 4.93. The van der Waals surface area contributed by atoms with E-state index in [9.17, 15) is 8.42 Å². The lowest BCUT2D eigenvalue weighted by atomic mass is 10.1. The predicted molar refractivity (Wildman–Crippen MR) is 80.8 cm³/mol. The molecule has 2 aromatic heterocycles. The first kappa shape index (κ1) is 14.7. The van der Waals surface area contributed by atoms with E-state index in [1.54, 1.807) is 27.4 Å². The first-order valence-corrected chi connectivity index (χ1v) is 9.17.